The van der Waals surface area contributed by atoms with Crippen LogP contribution in [0.2, 0.25) is 0 Å². The van der Waals surface area contributed by atoms with Gasteiger partial charge in [0.25, 0.3) is 0 Å². The fourth-order valence-electron chi connectivity index (χ4n) is 3.87. The molecule has 0 atom stereocenters. The minimum absolute atomic E-state index is 0.0816. The van der Waals surface area contributed by atoms with E-state index in [0.29, 0.717) is 33.1 Å². The van der Waals surface area contributed by atoms with Crippen molar-refractivity contribution in [3.05, 3.63) is 130 Å². The molecule has 0 fully saturated rings. The number of aromatic hydroxyl groups is 2. The zero-order valence-corrected chi connectivity index (χ0v) is 18.9. The van der Waals surface area contributed by atoms with E-state index in [-0.39, 0.29) is 22.4 Å². The highest BCUT2D eigenvalue weighted by Crippen LogP contribution is 2.23. The quantitative estimate of drug-likeness (QED) is 0.303. The summed E-state index contributed by atoms with van der Waals surface area (Å²) in [6.45, 7) is 0. The predicted octanol–water partition coefficient (Wildman–Crippen LogP) is 6.33. The van der Waals surface area contributed by atoms with Crippen molar-refractivity contribution >= 4 is 21.9 Å². The largest absolute Gasteiger partial charge is 0.508 e. The number of phenols is 2. The summed E-state index contributed by atoms with van der Waals surface area (Å²) in [7, 11) is 0. The van der Waals surface area contributed by atoms with Gasteiger partial charge < -0.3 is 19.0 Å². The Morgan fingerprint density at radius 2 is 0.889 bits per heavy atom. The van der Waals surface area contributed by atoms with Gasteiger partial charge in [-0.05, 0) is 35.4 Å². The lowest BCUT2D eigenvalue weighted by molar-refractivity contribution is 0.473. The molecule has 0 bridgehead atoms. The molecule has 4 aromatic carbocycles. The Labute approximate surface area is 204 Å². The van der Waals surface area contributed by atoms with Crippen LogP contribution in [-0.4, -0.2) is 10.2 Å². The second kappa shape index (κ2) is 9.64. The van der Waals surface area contributed by atoms with Crippen LogP contribution in [-0.2, 0) is 0 Å². The molecule has 0 radical (unpaired) electrons. The second-order valence-electron chi connectivity index (χ2n) is 8.05. The van der Waals surface area contributed by atoms with Crippen molar-refractivity contribution in [2.45, 2.75) is 0 Å². The van der Waals surface area contributed by atoms with Crippen molar-refractivity contribution < 1.29 is 19.0 Å². The topological polar surface area (TPSA) is 101 Å². The number of phenolic OH excluding ortho intramolecular Hbond substituents is 2. The highest BCUT2D eigenvalue weighted by Gasteiger charge is 2.10. The molecule has 0 aliphatic heterocycles. The molecule has 36 heavy (non-hydrogen) atoms. The molecule has 6 rings (SSSR count). The highest BCUT2D eigenvalue weighted by molar-refractivity contribution is 5.83. The third kappa shape index (κ3) is 4.48. The molecular formula is C30H20O6. The average Bonchev–Trinajstić information content (AvgIpc) is 2.90. The first kappa shape index (κ1) is 22.7. The lowest BCUT2D eigenvalue weighted by atomic mass is 10.1. The maximum atomic E-state index is 12.3. The fourth-order valence-corrected chi connectivity index (χ4v) is 3.87. The molecule has 6 heteroatoms. The molecular weight excluding hydrogens is 456 g/mol. The maximum Gasteiger partial charge on any atom is 0.200 e. The van der Waals surface area contributed by atoms with Crippen molar-refractivity contribution in [1.29, 1.82) is 0 Å². The van der Waals surface area contributed by atoms with Crippen LogP contribution in [0.25, 0.3) is 44.2 Å². The van der Waals surface area contributed by atoms with E-state index in [1.54, 1.807) is 12.1 Å². The van der Waals surface area contributed by atoms with E-state index < -0.39 is 0 Å². The van der Waals surface area contributed by atoms with Crippen LogP contribution < -0.4 is 10.9 Å². The Balaban J connectivity index is 0.000000148. The first-order valence-corrected chi connectivity index (χ1v) is 11.1. The van der Waals surface area contributed by atoms with E-state index in [1.807, 2.05) is 60.7 Å². The van der Waals surface area contributed by atoms with Gasteiger partial charge in [-0.25, -0.2) is 0 Å². The Hall–Kier alpha value is -5.10. The fraction of sp³-hybridized carbons (Fsp3) is 0. The number of hydrogen-bond donors (Lipinski definition) is 2. The van der Waals surface area contributed by atoms with Crippen LogP contribution in [0.1, 0.15) is 0 Å². The normalized spacial score (nSPS) is 10.7. The summed E-state index contributed by atoms with van der Waals surface area (Å²) in [5.74, 6) is 0.163. The van der Waals surface area contributed by atoms with Crippen molar-refractivity contribution in [3.63, 3.8) is 0 Å². The predicted molar refractivity (Wildman–Crippen MR) is 139 cm³/mol. The van der Waals surface area contributed by atoms with Gasteiger partial charge in [0.05, 0.1) is 21.9 Å². The van der Waals surface area contributed by atoms with E-state index in [4.69, 9.17) is 8.83 Å². The van der Waals surface area contributed by atoms with Gasteiger partial charge in [-0.15, -0.1) is 0 Å². The molecule has 176 valence electrons. The molecule has 2 aromatic heterocycles. The number of hydrogen-bond acceptors (Lipinski definition) is 6. The zero-order valence-electron chi connectivity index (χ0n) is 18.9. The third-order valence-electron chi connectivity index (χ3n) is 5.69. The highest BCUT2D eigenvalue weighted by atomic mass is 16.3. The first-order valence-electron chi connectivity index (χ1n) is 11.1. The standard InChI is InChI=1S/2C15H10O3/c2*16-11-6-7-12-14(8-11)18-9-13(15(12)17)10-4-2-1-3-5-10/h2*1-9,16H. The minimum atomic E-state index is -0.0950. The van der Waals surface area contributed by atoms with Crippen LogP contribution in [0.3, 0.4) is 0 Å². The molecule has 0 aliphatic rings. The van der Waals surface area contributed by atoms with Crippen molar-refractivity contribution in [2.24, 2.45) is 0 Å². The summed E-state index contributed by atoms with van der Waals surface area (Å²) in [6.07, 6.45) is 2.86. The van der Waals surface area contributed by atoms with Gasteiger partial charge in [0.2, 0.25) is 0 Å². The Kier molecular flexibility index (Phi) is 6.07. The van der Waals surface area contributed by atoms with Crippen LogP contribution in [0.4, 0.5) is 0 Å². The van der Waals surface area contributed by atoms with Crippen molar-refractivity contribution in [2.75, 3.05) is 0 Å². The van der Waals surface area contributed by atoms with E-state index in [9.17, 15) is 19.8 Å². The Morgan fingerprint density at radius 3 is 1.28 bits per heavy atom. The summed E-state index contributed by atoms with van der Waals surface area (Å²) in [5.41, 5.74) is 3.27. The molecule has 2 N–H and O–H groups in total. The molecule has 6 aromatic rings. The van der Waals surface area contributed by atoms with E-state index in [1.165, 1.54) is 36.8 Å². The van der Waals surface area contributed by atoms with Gasteiger partial charge in [0.15, 0.2) is 10.9 Å². The smallest absolute Gasteiger partial charge is 0.200 e. The molecule has 0 unspecified atom stereocenters. The van der Waals surface area contributed by atoms with Gasteiger partial charge in [-0.3, -0.25) is 9.59 Å². The lowest BCUT2D eigenvalue weighted by Crippen LogP contribution is -2.04. The summed E-state index contributed by atoms with van der Waals surface area (Å²) in [6, 6.07) is 27.7. The number of rotatable bonds is 2. The Morgan fingerprint density at radius 1 is 0.500 bits per heavy atom. The SMILES string of the molecule is O=c1c(-c2ccccc2)coc2cc(O)ccc12.O=c1c(-c2ccccc2)coc2cc(O)ccc12. The second-order valence-corrected chi connectivity index (χ2v) is 8.05. The van der Waals surface area contributed by atoms with Crippen LogP contribution in [0.5, 0.6) is 11.5 Å². The lowest BCUT2D eigenvalue weighted by Gasteiger charge is -2.02. The van der Waals surface area contributed by atoms with Gasteiger partial charge in [0.1, 0.15) is 35.2 Å². The third-order valence-corrected chi connectivity index (χ3v) is 5.69. The van der Waals surface area contributed by atoms with Crippen LogP contribution in [0.15, 0.2) is 128 Å². The number of benzene rings is 4. The Bertz CT molecular complexity index is 1650. The molecule has 0 aliphatic carbocycles. The summed E-state index contributed by atoms with van der Waals surface area (Å²) in [4.78, 5) is 24.6. The van der Waals surface area contributed by atoms with Crippen LogP contribution in [0, 0.1) is 0 Å². The zero-order chi connectivity index (χ0) is 25.1. The first-order chi connectivity index (χ1) is 17.5. The molecule has 2 heterocycles. The van der Waals surface area contributed by atoms with Crippen molar-refractivity contribution in [1.82, 2.24) is 0 Å². The van der Waals surface area contributed by atoms with Gasteiger partial charge in [-0.1, -0.05) is 60.7 Å². The molecule has 0 saturated heterocycles. The number of fused-ring (bicyclic) bond motifs is 2. The molecule has 0 spiro atoms. The molecule has 0 saturated carbocycles. The summed E-state index contributed by atoms with van der Waals surface area (Å²) < 4.78 is 10.8. The van der Waals surface area contributed by atoms with E-state index in [2.05, 4.69) is 0 Å². The molecule has 6 nitrogen and oxygen atoms in total. The van der Waals surface area contributed by atoms with Crippen LogP contribution >= 0.6 is 0 Å². The summed E-state index contributed by atoms with van der Waals surface area (Å²) in [5, 5.41) is 19.6. The van der Waals surface area contributed by atoms with Crippen molar-refractivity contribution in [3.8, 4) is 33.8 Å². The van der Waals surface area contributed by atoms with E-state index in [0.717, 1.165) is 11.1 Å². The minimum Gasteiger partial charge on any atom is -0.508 e. The summed E-state index contributed by atoms with van der Waals surface area (Å²) >= 11 is 0. The van der Waals surface area contributed by atoms with Gasteiger partial charge >= 0.3 is 0 Å². The average molecular weight is 476 g/mol. The van der Waals surface area contributed by atoms with E-state index >= 15 is 0 Å². The monoisotopic (exact) mass is 476 g/mol. The maximum absolute atomic E-state index is 12.3. The van der Waals surface area contributed by atoms with Gasteiger partial charge in [0, 0.05) is 12.1 Å². The molecule has 0 amide bonds. The van der Waals surface area contributed by atoms with Gasteiger partial charge in [-0.2, -0.15) is 0 Å².